The Kier molecular flexibility index (Phi) is 6.87. The summed E-state index contributed by atoms with van der Waals surface area (Å²) in [6, 6.07) is 12.1. The molecule has 1 aromatic heterocycles. The zero-order chi connectivity index (χ0) is 15.6. The zero-order valence-corrected chi connectivity index (χ0v) is 13.3. The Morgan fingerprint density at radius 1 is 1.23 bits per heavy atom. The van der Waals surface area contributed by atoms with Crippen LogP contribution in [0.3, 0.4) is 0 Å². The van der Waals surface area contributed by atoms with E-state index >= 15 is 0 Å². The molecule has 2 N–H and O–H groups in total. The molecule has 0 fully saturated rings. The van der Waals surface area contributed by atoms with Crippen LogP contribution in [0.25, 0.3) is 6.08 Å². The molecule has 2 rings (SSSR count). The molecule has 0 saturated carbocycles. The largest absolute Gasteiger partial charge is 0.396 e. The van der Waals surface area contributed by atoms with Crippen LogP contribution in [0.1, 0.15) is 29.9 Å². The number of carbonyl (C=O) groups is 1. The number of carbonyl (C=O) groups excluding carboxylic acids is 1. The maximum atomic E-state index is 11.8. The molecule has 116 valence electrons. The summed E-state index contributed by atoms with van der Waals surface area (Å²) in [5.74, 6) is 0.189. The summed E-state index contributed by atoms with van der Waals surface area (Å²) < 4.78 is 0. The fraction of sp³-hybridized carbons (Fsp3) is 0.278. The molecule has 0 spiro atoms. The second kappa shape index (κ2) is 9.18. The summed E-state index contributed by atoms with van der Waals surface area (Å²) >= 11 is 1.61. The van der Waals surface area contributed by atoms with Crippen LogP contribution >= 0.6 is 11.3 Å². The van der Waals surface area contributed by atoms with Crippen LogP contribution in [-0.4, -0.2) is 24.2 Å². The second-order valence-electron chi connectivity index (χ2n) is 5.09. The molecular weight excluding hydrogens is 294 g/mol. The molecule has 3 nitrogen and oxygen atoms in total. The van der Waals surface area contributed by atoms with E-state index in [2.05, 4.69) is 17.4 Å². The Bertz CT molecular complexity index is 578. The summed E-state index contributed by atoms with van der Waals surface area (Å²) in [7, 11) is 0. The number of thiophene rings is 1. The van der Waals surface area contributed by atoms with Crippen molar-refractivity contribution in [2.75, 3.05) is 13.2 Å². The SMILES string of the molecule is O=C(/C=C/c1ccsc1)NCCC(CCO)c1ccccc1. The molecule has 1 heterocycles. The van der Waals surface area contributed by atoms with Crippen molar-refractivity contribution in [3.63, 3.8) is 0 Å². The highest BCUT2D eigenvalue weighted by atomic mass is 32.1. The molecule has 0 aliphatic heterocycles. The Morgan fingerprint density at radius 3 is 2.73 bits per heavy atom. The van der Waals surface area contributed by atoms with E-state index in [9.17, 15) is 9.90 Å². The molecule has 0 saturated heterocycles. The van der Waals surface area contributed by atoms with E-state index in [0.717, 1.165) is 12.0 Å². The number of aliphatic hydroxyl groups is 1. The maximum absolute atomic E-state index is 11.8. The minimum atomic E-state index is -0.0815. The maximum Gasteiger partial charge on any atom is 0.243 e. The standard InChI is InChI=1S/C18H21NO2S/c20-12-9-17(16-4-2-1-3-5-16)8-11-19-18(21)7-6-15-10-13-22-14-15/h1-7,10,13-14,17,20H,8-9,11-12H2,(H,19,21)/b7-6+. The van der Waals surface area contributed by atoms with Crippen molar-refractivity contribution in [2.45, 2.75) is 18.8 Å². The monoisotopic (exact) mass is 315 g/mol. The third-order valence-corrected chi connectivity index (χ3v) is 4.21. The predicted molar refractivity (Wildman–Crippen MR) is 91.9 cm³/mol. The number of hydrogen-bond acceptors (Lipinski definition) is 3. The zero-order valence-electron chi connectivity index (χ0n) is 12.4. The van der Waals surface area contributed by atoms with Crippen molar-refractivity contribution in [1.29, 1.82) is 0 Å². The smallest absolute Gasteiger partial charge is 0.243 e. The molecule has 0 bridgehead atoms. The molecule has 0 aliphatic rings. The first-order chi connectivity index (χ1) is 10.8. The van der Waals surface area contributed by atoms with Gasteiger partial charge in [0, 0.05) is 19.2 Å². The quantitative estimate of drug-likeness (QED) is 0.733. The summed E-state index contributed by atoms with van der Waals surface area (Å²) in [5, 5.41) is 16.1. The van der Waals surface area contributed by atoms with Gasteiger partial charge in [-0.1, -0.05) is 30.3 Å². The Morgan fingerprint density at radius 2 is 2.05 bits per heavy atom. The van der Waals surface area contributed by atoms with Gasteiger partial charge in [-0.05, 0) is 52.8 Å². The third-order valence-electron chi connectivity index (χ3n) is 3.51. The third kappa shape index (κ3) is 5.47. The van der Waals surface area contributed by atoms with Crippen molar-refractivity contribution in [2.24, 2.45) is 0 Å². The van der Waals surface area contributed by atoms with Gasteiger partial charge in [0.25, 0.3) is 0 Å². The van der Waals surface area contributed by atoms with Crippen LogP contribution in [-0.2, 0) is 4.79 Å². The predicted octanol–water partition coefficient (Wildman–Crippen LogP) is 3.43. The van der Waals surface area contributed by atoms with Gasteiger partial charge in [0.2, 0.25) is 5.91 Å². The highest BCUT2D eigenvalue weighted by Gasteiger charge is 2.10. The van der Waals surface area contributed by atoms with E-state index in [0.29, 0.717) is 13.0 Å². The van der Waals surface area contributed by atoms with Crippen LogP contribution in [0.2, 0.25) is 0 Å². The molecule has 1 unspecified atom stereocenters. The topological polar surface area (TPSA) is 49.3 Å². The Balaban J connectivity index is 1.79. The second-order valence-corrected chi connectivity index (χ2v) is 5.87. The van der Waals surface area contributed by atoms with Crippen LogP contribution in [0, 0.1) is 0 Å². The Labute approximate surface area is 135 Å². The van der Waals surface area contributed by atoms with Gasteiger partial charge in [0.1, 0.15) is 0 Å². The van der Waals surface area contributed by atoms with E-state index in [1.807, 2.05) is 41.1 Å². The van der Waals surface area contributed by atoms with E-state index < -0.39 is 0 Å². The van der Waals surface area contributed by atoms with Crippen LogP contribution in [0.4, 0.5) is 0 Å². The molecule has 1 aromatic carbocycles. The number of nitrogens with one attached hydrogen (secondary N) is 1. The number of amides is 1. The first kappa shape index (κ1) is 16.5. The Hall–Kier alpha value is -1.91. The average molecular weight is 315 g/mol. The summed E-state index contributed by atoms with van der Waals surface area (Å²) in [6.45, 7) is 0.762. The molecule has 1 amide bonds. The minimum Gasteiger partial charge on any atom is -0.396 e. The van der Waals surface area contributed by atoms with Gasteiger partial charge in [-0.3, -0.25) is 4.79 Å². The van der Waals surface area contributed by atoms with Gasteiger partial charge >= 0.3 is 0 Å². The number of rotatable bonds is 8. The average Bonchev–Trinajstić information content (AvgIpc) is 3.06. The molecule has 22 heavy (non-hydrogen) atoms. The van der Waals surface area contributed by atoms with Crippen molar-refractivity contribution >= 4 is 23.3 Å². The molecule has 2 aromatic rings. The lowest BCUT2D eigenvalue weighted by molar-refractivity contribution is -0.116. The summed E-state index contributed by atoms with van der Waals surface area (Å²) in [4.78, 5) is 11.8. The lowest BCUT2D eigenvalue weighted by Gasteiger charge is -2.16. The van der Waals surface area contributed by atoms with Gasteiger partial charge in [-0.25, -0.2) is 0 Å². The van der Waals surface area contributed by atoms with Gasteiger partial charge < -0.3 is 10.4 Å². The van der Waals surface area contributed by atoms with Gasteiger partial charge in [0.15, 0.2) is 0 Å². The van der Waals surface area contributed by atoms with E-state index in [1.165, 1.54) is 5.56 Å². The summed E-state index contributed by atoms with van der Waals surface area (Å²) in [5.41, 5.74) is 2.25. The fourth-order valence-corrected chi connectivity index (χ4v) is 2.96. The van der Waals surface area contributed by atoms with Crippen molar-refractivity contribution in [1.82, 2.24) is 5.32 Å². The highest BCUT2D eigenvalue weighted by molar-refractivity contribution is 7.08. The first-order valence-corrected chi connectivity index (χ1v) is 8.38. The molecule has 0 radical (unpaired) electrons. The molecule has 4 heteroatoms. The van der Waals surface area contributed by atoms with E-state index in [-0.39, 0.29) is 18.4 Å². The van der Waals surface area contributed by atoms with Crippen LogP contribution in [0.15, 0.2) is 53.2 Å². The summed E-state index contributed by atoms with van der Waals surface area (Å²) in [6.07, 6.45) is 4.91. The molecule has 1 atom stereocenters. The van der Waals surface area contributed by atoms with Crippen molar-refractivity contribution in [3.05, 3.63) is 64.4 Å². The number of benzene rings is 1. The van der Waals surface area contributed by atoms with E-state index in [4.69, 9.17) is 0 Å². The first-order valence-electron chi connectivity index (χ1n) is 7.43. The van der Waals surface area contributed by atoms with Crippen LogP contribution < -0.4 is 5.32 Å². The van der Waals surface area contributed by atoms with Gasteiger partial charge in [-0.2, -0.15) is 11.3 Å². The van der Waals surface area contributed by atoms with Crippen LogP contribution in [0.5, 0.6) is 0 Å². The number of hydrogen-bond donors (Lipinski definition) is 2. The molecular formula is C18H21NO2S. The normalized spacial score (nSPS) is 12.4. The highest BCUT2D eigenvalue weighted by Crippen LogP contribution is 2.22. The fourth-order valence-electron chi connectivity index (χ4n) is 2.33. The lowest BCUT2D eigenvalue weighted by atomic mass is 9.93. The van der Waals surface area contributed by atoms with Crippen molar-refractivity contribution in [3.8, 4) is 0 Å². The minimum absolute atomic E-state index is 0.0815. The number of aliphatic hydroxyl groups excluding tert-OH is 1. The lowest BCUT2D eigenvalue weighted by Crippen LogP contribution is -2.23. The van der Waals surface area contributed by atoms with E-state index in [1.54, 1.807) is 17.4 Å². The van der Waals surface area contributed by atoms with Gasteiger partial charge in [0.05, 0.1) is 0 Å². The van der Waals surface area contributed by atoms with Gasteiger partial charge in [-0.15, -0.1) is 0 Å². The molecule has 0 aliphatic carbocycles. The van der Waals surface area contributed by atoms with Crippen molar-refractivity contribution < 1.29 is 9.90 Å².